The molecule has 1 aromatic rings. The Labute approximate surface area is 107 Å². The summed E-state index contributed by atoms with van der Waals surface area (Å²) in [4.78, 5) is 13.4. The number of benzene rings is 1. The molecule has 0 atom stereocenters. The summed E-state index contributed by atoms with van der Waals surface area (Å²) in [6.07, 6.45) is 2.51. The number of phenolic OH excluding ortho intramolecular Hbond substituents is 1. The van der Waals surface area contributed by atoms with E-state index in [1.165, 1.54) is 7.11 Å². The molecule has 0 bridgehead atoms. The molecule has 0 aliphatic carbocycles. The van der Waals surface area contributed by atoms with Crippen LogP contribution in [0.25, 0.3) is 0 Å². The molecule has 0 saturated heterocycles. The normalized spacial score (nSPS) is 11.2. The maximum atomic E-state index is 11.4. The number of ether oxygens (including phenoxy) is 1. The van der Waals surface area contributed by atoms with Gasteiger partial charge < -0.3 is 14.7 Å². The van der Waals surface area contributed by atoms with Crippen molar-refractivity contribution < 1.29 is 14.6 Å². The first-order valence-corrected chi connectivity index (χ1v) is 5.86. The number of anilines is 1. The van der Waals surface area contributed by atoms with E-state index in [1.807, 2.05) is 37.1 Å². The molecule has 1 N–H and O–H groups in total. The lowest BCUT2D eigenvalue weighted by Gasteiger charge is -2.17. The molecule has 0 aliphatic heterocycles. The highest BCUT2D eigenvalue weighted by Crippen LogP contribution is 2.17. The van der Waals surface area contributed by atoms with Crippen LogP contribution in [-0.2, 0) is 9.53 Å². The van der Waals surface area contributed by atoms with Gasteiger partial charge in [-0.05, 0) is 30.7 Å². The van der Waals surface area contributed by atoms with E-state index in [4.69, 9.17) is 4.74 Å². The molecule has 0 heterocycles. The van der Waals surface area contributed by atoms with Crippen LogP contribution in [0, 0.1) is 0 Å². The molecule has 4 nitrogen and oxygen atoms in total. The summed E-state index contributed by atoms with van der Waals surface area (Å²) in [6.45, 7) is 2.53. The van der Waals surface area contributed by atoms with E-state index >= 15 is 0 Å². The summed E-state index contributed by atoms with van der Waals surface area (Å²) in [7, 11) is 3.31. The van der Waals surface area contributed by atoms with E-state index in [0.29, 0.717) is 18.5 Å². The van der Waals surface area contributed by atoms with Gasteiger partial charge in [-0.25, -0.2) is 4.79 Å². The molecule has 0 amide bonds. The number of hydrogen-bond acceptors (Lipinski definition) is 4. The molecule has 0 spiro atoms. The summed E-state index contributed by atoms with van der Waals surface area (Å²) in [5.41, 5.74) is 1.65. The quantitative estimate of drug-likeness (QED) is 0.643. The zero-order chi connectivity index (χ0) is 13.5. The third-order valence-electron chi connectivity index (χ3n) is 2.73. The van der Waals surface area contributed by atoms with Crippen LogP contribution >= 0.6 is 0 Å². The second kappa shape index (κ2) is 6.69. The maximum absolute atomic E-state index is 11.4. The first-order valence-electron chi connectivity index (χ1n) is 5.86. The van der Waals surface area contributed by atoms with Crippen molar-refractivity contribution in [3.63, 3.8) is 0 Å². The van der Waals surface area contributed by atoms with Crippen molar-refractivity contribution in [2.24, 2.45) is 0 Å². The molecular weight excluding hydrogens is 230 g/mol. The number of phenols is 1. The summed E-state index contributed by atoms with van der Waals surface area (Å²) >= 11 is 0. The number of carbonyl (C=O) groups excluding carboxylic acids is 1. The lowest BCUT2D eigenvalue weighted by atomic mass is 10.2. The number of likely N-dealkylation sites (N-methyl/N-ethyl adjacent to an activating group) is 1. The molecule has 0 unspecified atom stereocenters. The van der Waals surface area contributed by atoms with E-state index in [1.54, 1.807) is 12.1 Å². The van der Waals surface area contributed by atoms with Crippen molar-refractivity contribution in [2.45, 2.75) is 13.3 Å². The fraction of sp³-hybridized carbons (Fsp3) is 0.357. The zero-order valence-electron chi connectivity index (χ0n) is 11.0. The van der Waals surface area contributed by atoms with E-state index in [-0.39, 0.29) is 11.7 Å². The first kappa shape index (κ1) is 14.1. The van der Waals surface area contributed by atoms with Crippen LogP contribution in [0.2, 0.25) is 0 Å². The van der Waals surface area contributed by atoms with Gasteiger partial charge in [-0.1, -0.05) is 13.0 Å². The van der Waals surface area contributed by atoms with Gasteiger partial charge in [0.2, 0.25) is 0 Å². The fourth-order valence-electron chi connectivity index (χ4n) is 1.56. The molecule has 0 radical (unpaired) electrons. The Morgan fingerprint density at radius 1 is 1.39 bits per heavy atom. The van der Waals surface area contributed by atoms with Crippen molar-refractivity contribution >= 4 is 11.7 Å². The zero-order valence-corrected chi connectivity index (χ0v) is 11.0. The lowest BCUT2D eigenvalue weighted by molar-refractivity contribution is -0.136. The first-order chi connectivity index (χ1) is 8.58. The Hall–Kier alpha value is -1.97. The van der Waals surface area contributed by atoms with Crippen molar-refractivity contribution in [1.82, 2.24) is 0 Å². The van der Waals surface area contributed by atoms with Gasteiger partial charge in [0.05, 0.1) is 7.11 Å². The second-order valence-electron chi connectivity index (χ2n) is 3.97. The number of rotatable bonds is 5. The maximum Gasteiger partial charge on any atom is 0.333 e. The van der Waals surface area contributed by atoms with E-state index in [0.717, 1.165) is 5.69 Å². The predicted molar refractivity (Wildman–Crippen MR) is 71.8 cm³/mol. The van der Waals surface area contributed by atoms with Gasteiger partial charge in [-0.2, -0.15) is 0 Å². The van der Waals surface area contributed by atoms with Crippen LogP contribution in [0.4, 0.5) is 5.69 Å². The molecule has 1 rings (SSSR count). The summed E-state index contributed by atoms with van der Waals surface area (Å²) in [6, 6.07) is 6.92. The topological polar surface area (TPSA) is 49.8 Å². The minimum absolute atomic E-state index is 0.242. The summed E-state index contributed by atoms with van der Waals surface area (Å²) < 4.78 is 4.70. The third-order valence-corrected chi connectivity index (χ3v) is 2.73. The van der Waals surface area contributed by atoms with Gasteiger partial charge in [0.1, 0.15) is 5.75 Å². The molecule has 1 aromatic carbocycles. The molecule has 0 aromatic heterocycles. The van der Waals surface area contributed by atoms with Crippen molar-refractivity contribution in [3.05, 3.63) is 35.9 Å². The summed E-state index contributed by atoms with van der Waals surface area (Å²) in [5.74, 6) is -0.0388. The molecule has 0 aliphatic rings. The van der Waals surface area contributed by atoms with Gasteiger partial charge in [0.15, 0.2) is 0 Å². The molecular formula is C14H19NO3. The average Bonchev–Trinajstić information content (AvgIpc) is 2.39. The largest absolute Gasteiger partial charge is 0.508 e. The van der Waals surface area contributed by atoms with Gasteiger partial charge in [-0.15, -0.1) is 0 Å². The minimum Gasteiger partial charge on any atom is -0.508 e. The Kier molecular flexibility index (Phi) is 5.24. The SMILES string of the molecule is CCC(=CCN(C)c1ccc(O)cc1)C(=O)OC. The second-order valence-corrected chi connectivity index (χ2v) is 3.97. The van der Waals surface area contributed by atoms with Crippen LogP contribution in [0.3, 0.4) is 0 Å². The monoisotopic (exact) mass is 249 g/mol. The number of methoxy groups -OCH3 is 1. The van der Waals surface area contributed by atoms with Gasteiger partial charge in [0, 0.05) is 24.9 Å². The van der Waals surface area contributed by atoms with Crippen LogP contribution < -0.4 is 4.90 Å². The molecule has 4 heteroatoms. The van der Waals surface area contributed by atoms with Crippen LogP contribution in [0.1, 0.15) is 13.3 Å². The van der Waals surface area contributed by atoms with Crippen molar-refractivity contribution in [2.75, 3.05) is 25.6 Å². The highest BCUT2D eigenvalue weighted by atomic mass is 16.5. The number of carbonyl (C=O) groups is 1. The van der Waals surface area contributed by atoms with E-state index < -0.39 is 0 Å². The van der Waals surface area contributed by atoms with Crippen LogP contribution in [0.15, 0.2) is 35.9 Å². The van der Waals surface area contributed by atoms with E-state index in [2.05, 4.69) is 0 Å². The predicted octanol–water partition coefficient (Wildman–Crippen LogP) is 2.34. The summed E-state index contributed by atoms with van der Waals surface area (Å²) in [5, 5.41) is 9.21. The van der Waals surface area contributed by atoms with Crippen molar-refractivity contribution in [1.29, 1.82) is 0 Å². The molecule has 0 saturated carbocycles. The van der Waals surface area contributed by atoms with Crippen LogP contribution in [0.5, 0.6) is 5.75 Å². The lowest BCUT2D eigenvalue weighted by Crippen LogP contribution is -2.18. The Balaban J connectivity index is 2.69. The van der Waals surface area contributed by atoms with Gasteiger partial charge in [0.25, 0.3) is 0 Å². The minimum atomic E-state index is -0.281. The molecule has 0 fully saturated rings. The van der Waals surface area contributed by atoms with Gasteiger partial charge in [-0.3, -0.25) is 0 Å². The Morgan fingerprint density at radius 2 is 2.00 bits per heavy atom. The average molecular weight is 249 g/mol. The molecule has 18 heavy (non-hydrogen) atoms. The standard InChI is InChI=1S/C14H19NO3/c1-4-11(14(17)18-3)9-10-15(2)12-5-7-13(16)8-6-12/h5-9,16H,4,10H2,1-3H3. The van der Waals surface area contributed by atoms with Crippen molar-refractivity contribution in [3.8, 4) is 5.75 Å². The highest BCUT2D eigenvalue weighted by Gasteiger charge is 2.07. The number of esters is 1. The highest BCUT2D eigenvalue weighted by molar-refractivity contribution is 5.88. The smallest absolute Gasteiger partial charge is 0.333 e. The van der Waals surface area contributed by atoms with Crippen LogP contribution in [-0.4, -0.2) is 31.8 Å². The number of nitrogens with zero attached hydrogens (tertiary/aromatic N) is 1. The van der Waals surface area contributed by atoms with E-state index in [9.17, 15) is 9.90 Å². The number of aromatic hydroxyl groups is 1. The number of hydrogen-bond donors (Lipinski definition) is 1. The Morgan fingerprint density at radius 3 is 2.50 bits per heavy atom. The third kappa shape index (κ3) is 3.80. The Bertz CT molecular complexity index is 423. The van der Waals surface area contributed by atoms with Gasteiger partial charge >= 0.3 is 5.97 Å². The molecule has 98 valence electrons. The fourth-order valence-corrected chi connectivity index (χ4v) is 1.56.